The first-order valence-corrected chi connectivity index (χ1v) is 14.5. The molecule has 0 amide bonds. The van der Waals surface area contributed by atoms with E-state index in [4.69, 9.17) is 42.6 Å². The van der Waals surface area contributed by atoms with Gasteiger partial charge in [0.2, 0.25) is 0 Å². The van der Waals surface area contributed by atoms with Gasteiger partial charge < -0.3 is 47.5 Å². The first-order valence-electron chi connectivity index (χ1n) is 14.5. The second-order valence-corrected chi connectivity index (χ2v) is 9.12. The van der Waals surface area contributed by atoms with E-state index >= 15 is 0 Å². The summed E-state index contributed by atoms with van der Waals surface area (Å²) in [5.41, 5.74) is 0. The molecule has 0 N–H and O–H groups in total. The average molecular weight is 568 g/mol. The van der Waals surface area contributed by atoms with Crippen molar-refractivity contribution in [2.75, 3.05) is 133 Å². The van der Waals surface area contributed by atoms with Crippen LogP contribution in [-0.2, 0) is 47.4 Å². The van der Waals surface area contributed by atoms with Gasteiger partial charge in [-0.1, -0.05) is 26.7 Å². The molecule has 0 bridgehead atoms. The van der Waals surface area contributed by atoms with Gasteiger partial charge in [-0.25, -0.2) is 0 Å². The summed E-state index contributed by atoms with van der Waals surface area (Å²) < 4.78 is 48.9. The maximum atomic E-state index is 12.0. The van der Waals surface area contributed by atoms with E-state index in [1.54, 1.807) is 0 Å². The fourth-order valence-corrected chi connectivity index (χ4v) is 3.15. The lowest BCUT2D eigenvalue weighted by molar-refractivity contribution is -0.150. The van der Waals surface area contributed by atoms with Crippen LogP contribution in [0.15, 0.2) is 0 Å². The molecule has 0 aliphatic heterocycles. The summed E-state index contributed by atoms with van der Waals surface area (Å²) >= 11 is 0. The van der Waals surface area contributed by atoms with Gasteiger partial charge in [-0.15, -0.1) is 0 Å². The zero-order valence-electron chi connectivity index (χ0n) is 25.2. The van der Waals surface area contributed by atoms with Crippen molar-refractivity contribution in [1.82, 2.24) is 4.90 Å². The third-order valence-electron chi connectivity index (χ3n) is 5.49. The predicted octanol–water partition coefficient (Wildman–Crippen LogP) is 2.44. The molecule has 0 spiro atoms. The highest BCUT2D eigenvalue weighted by Gasteiger charge is 2.16. The highest BCUT2D eigenvalue weighted by Crippen LogP contribution is 2.14. The van der Waals surface area contributed by atoms with E-state index in [0.29, 0.717) is 99.1 Å². The molecule has 0 aliphatic carbocycles. The van der Waals surface area contributed by atoms with Gasteiger partial charge in [0.25, 0.3) is 0 Å². The number of likely N-dealkylation sites (N-methyl/N-ethyl adjacent to an activating group) is 1. The summed E-state index contributed by atoms with van der Waals surface area (Å²) in [5, 5.41) is 0. The van der Waals surface area contributed by atoms with Crippen LogP contribution in [0.25, 0.3) is 0 Å². The Morgan fingerprint density at radius 3 is 1.18 bits per heavy atom. The van der Waals surface area contributed by atoms with Gasteiger partial charge in [-0.05, 0) is 26.9 Å². The Bertz CT molecular complexity index is 499. The van der Waals surface area contributed by atoms with E-state index in [2.05, 4.69) is 11.8 Å². The summed E-state index contributed by atoms with van der Waals surface area (Å²) in [5.74, 6) is -0.113. The minimum absolute atomic E-state index is 0.00289. The fourth-order valence-electron chi connectivity index (χ4n) is 3.15. The molecule has 0 aromatic heterocycles. The molecule has 11 heteroatoms. The molecule has 0 fully saturated rings. The Balaban J connectivity index is 3.17. The van der Waals surface area contributed by atoms with E-state index in [1.807, 2.05) is 21.0 Å². The van der Waals surface area contributed by atoms with Crippen LogP contribution in [0.1, 0.15) is 39.5 Å². The first-order chi connectivity index (χ1) is 19.1. The zero-order chi connectivity index (χ0) is 28.7. The van der Waals surface area contributed by atoms with Crippen LogP contribution in [0.4, 0.5) is 0 Å². The lowest BCUT2D eigenvalue weighted by Gasteiger charge is -2.13. The fraction of sp³-hybridized carbons (Fsp3) is 0.964. The highest BCUT2D eigenvalue weighted by atomic mass is 16.6. The monoisotopic (exact) mass is 567 g/mol. The first kappa shape index (κ1) is 38.1. The molecule has 0 radical (unpaired) electrons. The van der Waals surface area contributed by atoms with Crippen LogP contribution in [-0.4, -0.2) is 144 Å². The maximum absolute atomic E-state index is 12.0. The van der Waals surface area contributed by atoms with Crippen molar-refractivity contribution in [3.05, 3.63) is 0 Å². The van der Waals surface area contributed by atoms with Crippen molar-refractivity contribution in [3.8, 4) is 0 Å². The van der Waals surface area contributed by atoms with Crippen molar-refractivity contribution in [2.24, 2.45) is 5.92 Å². The number of unbranched alkanes of at least 4 members (excludes halogenated alkanes) is 1. The number of hydrogen-bond acceptors (Lipinski definition) is 11. The van der Waals surface area contributed by atoms with E-state index in [0.717, 1.165) is 38.8 Å². The van der Waals surface area contributed by atoms with E-state index < -0.39 is 0 Å². The second kappa shape index (κ2) is 31.6. The molecule has 1 unspecified atom stereocenters. The van der Waals surface area contributed by atoms with Crippen molar-refractivity contribution >= 4 is 5.97 Å². The third-order valence-corrected chi connectivity index (χ3v) is 5.49. The normalized spacial score (nSPS) is 12.3. The van der Waals surface area contributed by atoms with Gasteiger partial charge in [0.15, 0.2) is 0 Å². The third kappa shape index (κ3) is 29.9. The Hall–Kier alpha value is -0.890. The Kier molecular flexibility index (Phi) is 30.9. The summed E-state index contributed by atoms with van der Waals surface area (Å²) in [6, 6.07) is 0. The molecule has 11 nitrogen and oxygen atoms in total. The Morgan fingerprint density at radius 2 is 0.872 bits per heavy atom. The van der Waals surface area contributed by atoms with E-state index in [-0.39, 0.29) is 18.5 Å². The van der Waals surface area contributed by atoms with Crippen molar-refractivity contribution in [3.63, 3.8) is 0 Å². The number of carbonyl (C=O) groups excluding carboxylic acids is 1. The maximum Gasteiger partial charge on any atom is 0.308 e. The zero-order valence-corrected chi connectivity index (χ0v) is 25.2. The van der Waals surface area contributed by atoms with Gasteiger partial charge in [0, 0.05) is 6.54 Å². The van der Waals surface area contributed by atoms with E-state index in [9.17, 15) is 4.79 Å². The average Bonchev–Trinajstić information content (AvgIpc) is 2.92. The van der Waals surface area contributed by atoms with Crippen LogP contribution in [0.3, 0.4) is 0 Å². The van der Waals surface area contributed by atoms with Gasteiger partial charge in [0.1, 0.15) is 6.61 Å². The smallest absolute Gasteiger partial charge is 0.308 e. The molecule has 0 rings (SSSR count). The topological polar surface area (TPSA) is 103 Å². The molecule has 0 aromatic rings. The van der Waals surface area contributed by atoms with Gasteiger partial charge in [0.05, 0.1) is 112 Å². The standard InChI is InChI=1S/C28H57NO10/c1-5-7-8-27(6-2)28(30)39-26-25-38-24-23-37-22-21-36-20-19-35-18-17-34-16-15-33-14-13-32-12-11-31-10-9-29(3)4/h27H,5-26H2,1-4H3. The summed E-state index contributed by atoms with van der Waals surface area (Å²) in [7, 11) is 4.04. The lowest BCUT2D eigenvalue weighted by Crippen LogP contribution is -2.20. The van der Waals surface area contributed by atoms with Crippen LogP contribution < -0.4 is 0 Å². The van der Waals surface area contributed by atoms with Gasteiger partial charge in [-0.2, -0.15) is 0 Å². The van der Waals surface area contributed by atoms with Crippen molar-refractivity contribution in [2.45, 2.75) is 39.5 Å². The van der Waals surface area contributed by atoms with Crippen molar-refractivity contribution in [1.29, 1.82) is 0 Å². The molecule has 234 valence electrons. The predicted molar refractivity (Wildman–Crippen MR) is 149 cm³/mol. The van der Waals surface area contributed by atoms with Gasteiger partial charge in [-0.3, -0.25) is 4.79 Å². The van der Waals surface area contributed by atoms with Crippen LogP contribution >= 0.6 is 0 Å². The molecule has 0 aromatic carbocycles. The largest absolute Gasteiger partial charge is 0.463 e. The minimum atomic E-state index is -0.115. The van der Waals surface area contributed by atoms with Crippen LogP contribution in [0.2, 0.25) is 0 Å². The molecular weight excluding hydrogens is 510 g/mol. The Morgan fingerprint density at radius 1 is 0.538 bits per heavy atom. The Labute approximate surface area is 237 Å². The number of nitrogens with zero attached hydrogens (tertiary/aromatic N) is 1. The SMILES string of the molecule is CCCCC(CC)C(=O)OCCOCCOCCOCCOCCOCCOCCOCCOCCN(C)C. The molecule has 0 aliphatic rings. The lowest BCUT2D eigenvalue weighted by atomic mass is 10.00. The summed E-state index contributed by atoms with van der Waals surface area (Å²) in [4.78, 5) is 14.1. The quantitative estimate of drug-likeness (QED) is 0.0884. The highest BCUT2D eigenvalue weighted by molar-refractivity contribution is 5.72. The second-order valence-electron chi connectivity index (χ2n) is 9.12. The molecular formula is C28H57NO10. The molecule has 39 heavy (non-hydrogen) atoms. The number of carbonyl (C=O) groups is 1. The van der Waals surface area contributed by atoms with Crippen LogP contribution in [0.5, 0.6) is 0 Å². The molecule has 0 saturated carbocycles. The summed E-state index contributed by atoms with van der Waals surface area (Å²) in [6.45, 7) is 13.7. The number of rotatable bonds is 32. The number of ether oxygens (including phenoxy) is 9. The number of esters is 1. The summed E-state index contributed by atoms with van der Waals surface area (Å²) in [6.07, 6.45) is 3.85. The number of hydrogen-bond donors (Lipinski definition) is 0. The molecule has 0 heterocycles. The van der Waals surface area contributed by atoms with Crippen molar-refractivity contribution < 1.29 is 47.4 Å². The van der Waals surface area contributed by atoms with E-state index in [1.165, 1.54) is 0 Å². The molecule has 1 atom stereocenters. The van der Waals surface area contributed by atoms with Gasteiger partial charge >= 0.3 is 5.97 Å². The van der Waals surface area contributed by atoms with Crippen LogP contribution in [0, 0.1) is 5.92 Å². The minimum Gasteiger partial charge on any atom is -0.463 e. The molecule has 0 saturated heterocycles.